The molecule has 1 rings (SSSR count). The Kier molecular flexibility index (Phi) is 3.93. The predicted octanol–water partition coefficient (Wildman–Crippen LogP) is 2.18. The van der Waals surface area contributed by atoms with Crippen molar-refractivity contribution in [3.05, 3.63) is 41.7 Å². The highest BCUT2D eigenvalue weighted by Gasteiger charge is 2.04. The number of hydrogen-bond acceptors (Lipinski definition) is 2. The Morgan fingerprint density at radius 1 is 1.69 bits per heavy atom. The number of pyridine rings is 1. The molecule has 1 atom stereocenters. The second kappa shape index (κ2) is 5.00. The third-order valence-electron chi connectivity index (χ3n) is 1.81. The summed E-state index contributed by atoms with van der Waals surface area (Å²) in [6.07, 6.45) is 6.76. The first-order chi connectivity index (χ1) is 6.24. The molecular weight excluding hydrogens is 184 g/mol. The highest BCUT2D eigenvalue weighted by atomic mass is 35.5. The molecule has 2 nitrogen and oxygen atoms in total. The molecule has 0 aromatic carbocycles. The minimum atomic E-state index is 0.0948. The molecule has 0 saturated carbocycles. The fourth-order valence-electron chi connectivity index (χ4n) is 1.15. The number of nitrogens with two attached hydrogens (primary N) is 1. The summed E-state index contributed by atoms with van der Waals surface area (Å²) in [5.74, 6) is 0. The second-order valence-electron chi connectivity index (χ2n) is 2.96. The van der Waals surface area contributed by atoms with Crippen molar-refractivity contribution in [3.8, 4) is 0 Å². The van der Waals surface area contributed by atoms with Crippen LogP contribution in [0.2, 0.25) is 5.02 Å². The SMILES string of the molecule is C=CCC(N)Cc1ccncc1Cl. The van der Waals surface area contributed by atoms with Gasteiger partial charge in [-0.05, 0) is 24.5 Å². The first-order valence-corrected chi connectivity index (χ1v) is 4.56. The summed E-state index contributed by atoms with van der Waals surface area (Å²) in [6, 6.07) is 1.99. The van der Waals surface area contributed by atoms with E-state index in [1.54, 1.807) is 12.4 Å². The van der Waals surface area contributed by atoms with Gasteiger partial charge in [-0.2, -0.15) is 0 Å². The Balaban J connectivity index is 2.63. The van der Waals surface area contributed by atoms with E-state index in [9.17, 15) is 0 Å². The lowest BCUT2D eigenvalue weighted by Crippen LogP contribution is -2.21. The molecule has 1 aromatic heterocycles. The van der Waals surface area contributed by atoms with Crippen molar-refractivity contribution in [1.82, 2.24) is 4.98 Å². The van der Waals surface area contributed by atoms with Crippen molar-refractivity contribution in [2.24, 2.45) is 5.73 Å². The first-order valence-electron chi connectivity index (χ1n) is 4.19. The lowest BCUT2D eigenvalue weighted by Gasteiger charge is -2.09. The Bertz CT molecular complexity index is 286. The molecule has 0 aliphatic carbocycles. The maximum atomic E-state index is 5.92. The van der Waals surface area contributed by atoms with Gasteiger partial charge in [0.2, 0.25) is 0 Å². The molecule has 0 bridgehead atoms. The third kappa shape index (κ3) is 3.17. The molecule has 0 aliphatic rings. The quantitative estimate of drug-likeness (QED) is 0.750. The van der Waals surface area contributed by atoms with Gasteiger partial charge in [-0.15, -0.1) is 6.58 Å². The largest absolute Gasteiger partial charge is 0.327 e. The van der Waals surface area contributed by atoms with Crippen molar-refractivity contribution in [2.75, 3.05) is 0 Å². The molecule has 0 aliphatic heterocycles. The molecule has 13 heavy (non-hydrogen) atoms. The lowest BCUT2D eigenvalue weighted by atomic mass is 10.1. The second-order valence-corrected chi connectivity index (χ2v) is 3.36. The molecule has 1 heterocycles. The van der Waals surface area contributed by atoms with E-state index in [4.69, 9.17) is 17.3 Å². The van der Waals surface area contributed by atoms with Gasteiger partial charge in [-0.1, -0.05) is 17.7 Å². The van der Waals surface area contributed by atoms with Gasteiger partial charge in [0.05, 0.1) is 5.02 Å². The summed E-state index contributed by atoms with van der Waals surface area (Å²) < 4.78 is 0. The molecule has 0 radical (unpaired) electrons. The van der Waals surface area contributed by atoms with Crippen molar-refractivity contribution >= 4 is 11.6 Å². The van der Waals surface area contributed by atoms with Gasteiger partial charge in [0.25, 0.3) is 0 Å². The van der Waals surface area contributed by atoms with E-state index >= 15 is 0 Å². The molecular formula is C10H13ClN2. The van der Waals surface area contributed by atoms with Crippen LogP contribution in [0, 0.1) is 0 Å². The third-order valence-corrected chi connectivity index (χ3v) is 2.15. The monoisotopic (exact) mass is 196 g/mol. The van der Waals surface area contributed by atoms with Gasteiger partial charge in [0.1, 0.15) is 0 Å². The van der Waals surface area contributed by atoms with Gasteiger partial charge in [-0.25, -0.2) is 0 Å². The number of aromatic nitrogens is 1. The number of halogens is 1. The smallest absolute Gasteiger partial charge is 0.0621 e. The van der Waals surface area contributed by atoms with Gasteiger partial charge < -0.3 is 5.73 Å². The van der Waals surface area contributed by atoms with E-state index < -0.39 is 0 Å². The topological polar surface area (TPSA) is 38.9 Å². The minimum absolute atomic E-state index is 0.0948. The fraction of sp³-hybridized carbons (Fsp3) is 0.300. The van der Waals surface area contributed by atoms with Crippen LogP contribution in [0.4, 0.5) is 0 Å². The zero-order valence-corrected chi connectivity index (χ0v) is 8.17. The maximum Gasteiger partial charge on any atom is 0.0621 e. The standard InChI is InChI=1S/C10H13ClN2/c1-2-3-9(12)6-8-4-5-13-7-10(8)11/h2,4-5,7,9H,1,3,6,12H2. The van der Waals surface area contributed by atoms with Crippen LogP contribution in [0.1, 0.15) is 12.0 Å². The van der Waals surface area contributed by atoms with Crippen LogP contribution in [0.15, 0.2) is 31.1 Å². The van der Waals surface area contributed by atoms with Crippen LogP contribution < -0.4 is 5.73 Å². The molecule has 0 fully saturated rings. The van der Waals surface area contributed by atoms with Gasteiger partial charge in [-0.3, -0.25) is 4.98 Å². The zero-order chi connectivity index (χ0) is 9.68. The molecule has 0 amide bonds. The molecule has 3 heteroatoms. The van der Waals surface area contributed by atoms with Crippen molar-refractivity contribution in [1.29, 1.82) is 0 Å². The van der Waals surface area contributed by atoms with Gasteiger partial charge in [0, 0.05) is 18.4 Å². The molecule has 0 spiro atoms. The van der Waals surface area contributed by atoms with Gasteiger partial charge in [0.15, 0.2) is 0 Å². The van der Waals surface area contributed by atoms with Crippen LogP contribution in [-0.2, 0) is 6.42 Å². The summed E-state index contributed by atoms with van der Waals surface area (Å²) in [4.78, 5) is 3.91. The Morgan fingerprint density at radius 2 is 2.46 bits per heavy atom. The Labute approximate surface area is 83.4 Å². The van der Waals surface area contributed by atoms with Crippen LogP contribution in [0.5, 0.6) is 0 Å². The van der Waals surface area contributed by atoms with Crippen molar-refractivity contribution < 1.29 is 0 Å². The fourth-order valence-corrected chi connectivity index (χ4v) is 1.35. The number of hydrogen-bond donors (Lipinski definition) is 1. The normalized spacial score (nSPS) is 12.5. The van der Waals surface area contributed by atoms with E-state index in [-0.39, 0.29) is 6.04 Å². The van der Waals surface area contributed by atoms with E-state index in [0.717, 1.165) is 18.4 Å². The summed E-state index contributed by atoms with van der Waals surface area (Å²) >= 11 is 5.92. The van der Waals surface area contributed by atoms with Crippen LogP contribution in [0.3, 0.4) is 0 Å². The van der Waals surface area contributed by atoms with E-state index in [1.165, 1.54) is 0 Å². The van der Waals surface area contributed by atoms with Crippen LogP contribution in [0.25, 0.3) is 0 Å². The van der Waals surface area contributed by atoms with Crippen LogP contribution in [-0.4, -0.2) is 11.0 Å². The van der Waals surface area contributed by atoms with E-state index in [2.05, 4.69) is 11.6 Å². The average molecular weight is 197 g/mol. The highest BCUT2D eigenvalue weighted by Crippen LogP contribution is 2.15. The van der Waals surface area contributed by atoms with E-state index in [0.29, 0.717) is 5.02 Å². The minimum Gasteiger partial charge on any atom is -0.327 e. The molecule has 1 unspecified atom stereocenters. The van der Waals surface area contributed by atoms with Crippen molar-refractivity contribution in [3.63, 3.8) is 0 Å². The Hall–Kier alpha value is -0.860. The van der Waals surface area contributed by atoms with Crippen molar-refractivity contribution in [2.45, 2.75) is 18.9 Å². The average Bonchev–Trinajstić information content (AvgIpc) is 2.09. The Morgan fingerprint density at radius 3 is 3.08 bits per heavy atom. The molecule has 70 valence electrons. The molecule has 2 N–H and O–H groups in total. The number of nitrogens with zero attached hydrogens (tertiary/aromatic N) is 1. The number of rotatable bonds is 4. The highest BCUT2D eigenvalue weighted by molar-refractivity contribution is 6.31. The predicted molar refractivity (Wildman–Crippen MR) is 55.7 cm³/mol. The summed E-state index contributed by atoms with van der Waals surface area (Å²) in [5.41, 5.74) is 6.88. The molecule has 1 aromatic rings. The zero-order valence-electron chi connectivity index (χ0n) is 7.41. The lowest BCUT2D eigenvalue weighted by molar-refractivity contribution is 0.679. The van der Waals surface area contributed by atoms with E-state index in [1.807, 2.05) is 12.1 Å². The van der Waals surface area contributed by atoms with Gasteiger partial charge >= 0.3 is 0 Å². The maximum absolute atomic E-state index is 5.92. The summed E-state index contributed by atoms with van der Waals surface area (Å²) in [6.45, 7) is 3.64. The summed E-state index contributed by atoms with van der Waals surface area (Å²) in [7, 11) is 0. The summed E-state index contributed by atoms with van der Waals surface area (Å²) in [5, 5.41) is 0.682. The molecule has 0 saturated heterocycles. The van der Waals surface area contributed by atoms with Crippen LogP contribution >= 0.6 is 11.6 Å². The first kappa shape index (κ1) is 10.2.